The van der Waals surface area contributed by atoms with Crippen LogP contribution in [0.2, 0.25) is 0 Å². The maximum absolute atomic E-state index is 13.9. The molecule has 1 saturated heterocycles. The first kappa shape index (κ1) is 30.7. The van der Waals surface area contributed by atoms with Crippen molar-refractivity contribution in [1.82, 2.24) is 14.5 Å². The standard InChI is InChI=1S/C24H24F5N3O7S/c1-2-23(25,26)16-5-3-15(4-6-16)13-30-20(33)19-14-31(21(34)22(35)36)11-12-32(19)40(37,38)18-9-7-17(8-10-18)39-24(27,28)29/h3-10,19H,2,11-14H2,1H3,(H,30,33)(H,35,36)/t19-/m1/s1. The molecule has 1 aliphatic rings. The Morgan fingerprint density at radius 1 is 1.00 bits per heavy atom. The van der Waals surface area contributed by atoms with Crippen LogP contribution in [0.1, 0.15) is 24.5 Å². The third kappa shape index (κ3) is 7.24. The molecule has 10 nitrogen and oxygen atoms in total. The summed E-state index contributed by atoms with van der Waals surface area (Å²) in [4.78, 5) is 36.6. The highest BCUT2D eigenvalue weighted by Gasteiger charge is 2.42. The first-order chi connectivity index (χ1) is 18.5. The Morgan fingerprint density at radius 3 is 2.12 bits per heavy atom. The molecular weight excluding hydrogens is 569 g/mol. The van der Waals surface area contributed by atoms with Crippen LogP contribution in [-0.4, -0.2) is 72.6 Å². The molecule has 0 unspecified atom stereocenters. The Morgan fingerprint density at radius 2 is 1.60 bits per heavy atom. The number of carbonyl (C=O) groups is 3. The van der Waals surface area contributed by atoms with Gasteiger partial charge in [-0.05, 0) is 29.8 Å². The normalized spacial score (nSPS) is 16.9. The number of benzene rings is 2. The van der Waals surface area contributed by atoms with Gasteiger partial charge in [-0.3, -0.25) is 9.59 Å². The van der Waals surface area contributed by atoms with Crippen LogP contribution in [0.25, 0.3) is 0 Å². The molecule has 2 aromatic rings. The molecule has 0 aromatic heterocycles. The first-order valence-corrected chi connectivity index (χ1v) is 13.1. The van der Waals surface area contributed by atoms with Gasteiger partial charge >= 0.3 is 18.2 Å². The van der Waals surface area contributed by atoms with Gasteiger partial charge in [0.15, 0.2) is 0 Å². The molecule has 2 N–H and O–H groups in total. The van der Waals surface area contributed by atoms with E-state index in [4.69, 9.17) is 5.11 Å². The number of nitrogens with one attached hydrogen (secondary N) is 1. The number of carbonyl (C=O) groups excluding carboxylic acids is 2. The van der Waals surface area contributed by atoms with E-state index < -0.39 is 76.3 Å². The van der Waals surface area contributed by atoms with Gasteiger partial charge < -0.3 is 20.1 Å². The second-order valence-electron chi connectivity index (χ2n) is 8.68. The zero-order chi connectivity index (χ0) is 29.9. The van der Waals surface area contributed by atoms with Crippen molar-refractivity contribution in [3.8, 4) is 5.75 Å². The van der Waals surface area contributed by atoms with Crippen molar-refractivity contribution in [3.05, 3.63) is 59.7 Å². The van der Waals surface area contributed by atoms with E-state index in [0.29, 0.717) is 9.87 Å². The summed E-state index contributed by atoms with van der Waals surface area (Å²) in [7, 11) is -4.53. The van der Waals surface area contributed by atoms with E-state index in [0.717, 1.165) is 29.2 Å². The van der Waals surface area contributed by atoms with E-state index in [-0.39, 0.29) is 18.7 Å². The lowest BCUT2D eigenvalue weighted by Crippen LogP contribution is -2.62. The topological polar surface area (TPSA) is 133 Å². The van der Waals surface area contributed by atoms with Gasteiger partial charge in [-0.1, -0.05) is 31.2 Å². The Balaban J connectivity index is 1.83. The van der Waals surface area contributed by atoms with Crippen LogP contribution in [0, 0.1) is 0 Å². The monoisotopic (exact) mass is 593 g/mol. The Labute approximate surface area is 225 Å². The summed E-state index contributed by atoms with van der Waals surface area (Å²) in [5.41, 5.74) is 0.164. The van der Waals surface area contributed by atoms with Gasteiger partial charge in [0.2, 0.25) is 15.9 Å². The Bertz CT molecular complexity index is 1350. The Hall–Kier alpha value is -3.79. The number of hydrogen-bond acceptors (Lipinski definition) is 6. The summed E-state index contributed by atoms with van der Waals surface area (Å²) in [6, 6.07) is 6.66. The number of amides is 2. The quantitative estimate of drug-likeness (QED) is 0.355. The van der Waals surface area contributed by atoms with Crippen LogP contribution in [0.3, 0.4) is 0 Å². The lowest BCUT2D eigenvalue weighted by Gasteiger charge is -2.39. The number of piperazine rings is 1. The van der Waals surface area contributed by atoms with Crippen molar-refractivity contribution in [1.29, 1.82) is 0 Å². The molecule has 40 heavy (non-hydrogen) atoms. The van der Waals surface area contributed by atoms with Gasteiger partial charge in [0, 0.05) is 38.2 Å². The molecular formula is C24H24F5N3O7S. The molecule has 0 radical (unpaired) electrons. The molecule has 1 atom stereocenters. The van der Waals surface area contributed by atoms with E-state index in [2.05, 4.69) is 10.1 Å². The van der Waals surface area contributed by atoms with Gasteiger partial charge in [0.1, 0.15) is 11.8 Å². The molecule has 0 spiro atoms. The summed E-state index contributed by atoms with van der Waals surface area (Å²) < 4.78 is 96.2. The average Bonchev–Trinajstić information content (AvgIpc) is 2.90. The van der Waals surface area contributed by atoms with Crippen molar-refractivity contribution in [2.45, 2.75) is 43.1 Å². The summed E-state index contributed by atoms with van der Waals surface area (Å²) >= 11 is 0. The predicted molar refractivity (Wildman–Crippen MR) is 127 cm³/mol. The number of halogens is 5. The van der Waals surface area contributed by atoms with E-state index >= 15 is 0 Å². The number of ether oxygens (including phenoxy) is 1. The highest BCUT2D eigenvalue weighted by Crippen LogP contribution is 2.31. The van der Waals surface area contributed by atoms with Crippen LogP contribution in [-0.2, 0) is 36.9 Å². The largest absolute Gasteiger partial charge is 0.573 e. The fourth-order valence-corrected chi connectivity index (χ4v) is 5.48. The van der Waals surface area contributed by atoms with E-state index in [1.54, 1.807) is 0 Å². The molecule has 1 fully saturated rings. The number of hydrogen-bond donors (Lipinski definition) is 2. The smallest absolute Gasteiger partial charge is 0.474 e. The maximum Gasteiger partial charge on any atom is 0.573 e. The minimum Gasteiger partial charge on any atom is -0.474 e. The van der Waals surface area contributed by atoms with Crippen LogP contribution < -0.4 is 10.1 Å². The summed E-state index contributed by atoms with van der Waals surface area (Å²) in [6.45, 7) is -0.399. The minimum atomic E-state index is -5.01. The average molecular weight is 594 g/mol. The van der Waals surface area contributed by atoms with Crippen molar-refractivity contribution in [2.75, 3.05) is 19.6 Å². The molecule has 0 saturated carbocycles. The lowest BCUT2D eigenvalue weighted by atomic mass is 10.0. The van der Waals surface area contributed by atoms with Gasteiger partial charge in [0.25, 0.3) is 5.92 Å². The van der Waals surface area contributed by atoms with Gasteiger partial charge in [-0.15, -0.1) is 13.2 Å². The zero-order valence-electron chi connectivity index (χ0n) is 20.8. The third-order valence-electron chi connectivity index (χ3n) is 6.06. The SMILES string of the molecule is CCC(F)(F)c1ccc(CNC(=O)[C@H]2CN(C(=O)C(=O)O)CCN2S(=O)(=O)c2ccc(OC(F)(F)F)cc2)cc1. The summed E-state index contributed by atoms with van der Waals surface area (Å²) in [6.07, 6.45) is -5.42. The minimum absolute atomic E-state index is 0.211. The second kappa shape index (κ2) is 11.8. The highest BCUT2D eigenvalue weighted by atomic mass is 32.2. The molecule has 3 rings (SSSR count). The van der Waals surface area contributed by atoms with Gasteiger partial charge in [-0.2, -0.15) is 4.31 Å². The summed E-state index contributed by atoms with van der Waals surface area (Å²) in [5.74, 6) is -7.84. The molecule has 2 amide bonds. The predicted octanol–water partition coefficient (Wildman–Crippen LogP) is 2.69. The number of sulfonamides is 1. The Kier molecular flexibility index (Phi) is 9.04. The first-order valence-electron chi connectivity index (χ1n) is 11.7. The second-order valence-corrected chi connectivity index (χ2v) is 10.6. The number of nitrogens with zero attached hydrogens (tertiary/aromatic N) is 2. The molecule has 2 aromatic carbocycles. The molecule has 218 valence electrons. The van der Waals surface area contributed by atoms with Crippen molar-refractivity contribution >= 4 is 27.8 Å². The zero-order valence-corrected chi connectivity index (χ0v) is 21.6. The number of carboxylic acid groups (broad SMARTS) is 1. The van der Waals surface area contributed by atoms with Crippen molar-refractivity contribution in [2.24, 2.45) is 0 Å². The third-order valence-corrected chi connectivity index (χ3v) is 7.98. The van der Waals surface area contributed by atoms with Crippen LogP contribution in [0.4, 0.5) is 22.0 Å². The van der Waals surface area contributed by atoms with Crippen molar-refractivity contribution in [3.63, 3.8) is 0 Å². The number of rotatable bonds is 8. The fourth-order valence-electron chi connectivity index (χ4n) is 3.91. The van der Waals surface area contributed by atoms with Crippen LogP contribution in [0.15, 0.2) is 53.4 Å². The van der Waals surface area contributed by atoms with E-state index in [1.165, 1.54) is 31.2 Å². The van der Waals surface area contributed by atoms with E-state index in [9.17, 15) is 44.8 Å². The molecule has 16 heteroatoms. The van der Waals surface area contributed by atoms with Gasteiger partial charge in [-0.25, -0.2) is 22.0 Å². The molecule has 1 aliphatic heterocycles. The molecule has 0 bridgehead atoms. The molecule has 1 heterocycles. The van der Waals surface area contributed by atoms with E-state index in [1.807, 2.05) is 0 Å². The highest BCUT2D eigenvalue weighted by molar-refractivity contribution is 7.89. The van der Waals surface area contributed by atoms with Gasteiger partial charge in [0.05, 0.1) is 4.90 Å². The number of aliphatic carboxylic acids is 1. The summed E-state index contributed by atoms with van der Waals surface area (Å²) in [5, 5.41) is 11.5. The number of carboxylic acids is 1. The maximum atomic E-state index is 13.9. The fraction of sp³-hybridized carbons (Fsp3) is 0.375. The van der Waals surface area contributed by atoms with Crippen molar-refractivity contribution < 1.29 is 54.6 Å². The number of alkyl halides is 5. The molecule has 0 aliphatic carbocycles. The lowest BCUT2D eigenvalue weighted by molar-refractivity contribution is -0.274. The van der Waals surface area contributed by atoms with Crippen LogP contribution >= 0.6 is 0 Å². The van der Waals surface area contributed by atoms with Crippen LogP contribution in [0.5, 0.6) is 5.75 Å².